The molecule has 3 atom stereocenters. The van der Waals surface area contributed by atoms with Crippen LogP contribution in [0.15, 0.2) is 22.7 Å². The summed E-state index contributed by atoms with van der Waals surface area (Å²) in [5.74, 6) is 1.23. The predicted molar refractivity (Wildman–Crippen MR) is 71.1 cm³/mol. The predicted octanol–water partition coefficient (Wildman–Crippen LogP) is 2.88. The SMILES string of the molecule is COc1ccc(C(N)C2CCOC2C)cc1Br. The number of ether oxygens (including phenoxy) is 2. The summed E-state index contributed by atoms with van der Waals surface area (Å²) in [5, 5.41) is 0. The van der Waals surface area contributed by atoms with Gasteiger partial charge in [0.15, 0.2) is 0 Å². The van der Waals surface area contributed by atoms with E-state index in [1.54, 1.807) is 7.11 Å². The van der Waals surface area contributed by atoms with E-state index >= 15 is 0 Å². The zero-order chi connectivity index (χ0) is 12.4. The molecule has 0 radical (unpaired) electrons. The average Bonchev–Trinajstić information content (AvgIpc) is 2.74. The molecule has 1 aliphatic heterocycles. The number of halogens is 1. The lowest BCUT2D eigenvalue weighted by molar-refractivity contribution is 0.0995. The molecule has 2 rings (SSSR count). The zero-order valence-corrected chi connectivity index (χ0v) is 11.7. The fraction of sp³-hybridized carbons (Fsp3) is 0.538. The van der Waals surface area contributed by atoms with Gasteiger partial charge in [-0.1, -0.05) is 6.07 Å². The van der Waals surface area contributed by atoms with Crippen LogP contribution in [0.2, 0.25) is 0 Å². The summed E-state index contributed by atoms with van der Waals surface area (Å²) in [6, 6.07) is 6.03. The van der Waals surface area contributed by atoms with Gasteiger partial charge in [-0.3, -0.25) is 0 Å². The summed E-state index contributed by atoms with van der Waals surface area (Å²) in [5.41, 5.74) is 7.43. The van der Waals surface area contributed by atoms with Crippen molar-refractivity contribution in [1.29, 1.82) is 0 Å². The van der Waals surface area contributed by atoms with Crippen LogP contribution < -0.4 is 10.5 Å². The topological polar surface area (TPSA) is 44.5 Å². The third-order valence-corrected chi connectivity index (χ3v) is 4.08. The Labute approximate surface area is 110 Å². The van der Waals surface area contributed by atoms with Crippen molar-refractivity contribution in [3.8, 4) is 5.75 Å². The van der Waals surface area contributed by atoms with Gasteiger partial charge < -0.3 is 15.2 Å². The van der Waals surface area contributed by atoms with E-state index in [-0.39, 0.29) is 12.1 Å². The summed E-state index contributed by atoms with van der Waals surface area (Å²) in [6.07, 6.45) is 1.28. The van der Waals surface area contributed by atoms with Gasteiger partial charge in [0.05, 0.1) is 17.7 Å². The van der Waals surface area contributed by atoms with Crippen LogP contribution in [0.4, 0.5) is 0 Å². The van der Waals surface area contributed by atoms with Crippen molar-refractivity contribution in [3.05, 3.63) is 28.2 Å². The van der Waals surface area contributed by atoms with Crippen LogP contribution in [-0.2, 0) is 4.74 Å². The summed E-state index contributed by atoms with van der Waals surface area (Å²) in [6.45, 7) is 2.91. The standard InChI is InChI=1S/C13H18BrNO2/c1-8-10(5-6-17-8)13(15)9-3-4-12(16-2)11(14)7-9/h3-4,7-8,10,13H,5-6,15H2,1-2H3. The summed E-state index contributed by atoms with van der Waals surface area (Å²) in [7, 11) is 1.66. The van der Waals surface area contributed by atoms with Crippen molar-refractivity contribution in [3.63, 3.8) is 0 Å². The molecule has 1 aliphatic rings. The van der Waals surface area contributed by atoms with Crippen molar-refractivity contribution >= 4 is 15.9 Å². The monoisotopic (exact) mass is 299 g/mol. The van der Waals surface area contributed by atoms with Gasteiger partial charge in [-0.05, 0) is 47.0 Å². The molecule has 1 fully saturated rings. The molecule has 94 valence electrons. The largest absolute Gasteiger partial charge is 0.496 e. The number of nitrogens with two attached hydrogens (primary N) is 1. The first-order valence-corrected chi connectivity index (χ1v) is 6.63. The highest BCUT2D eigenvalue weighted by atomic mass is 79.9. The van der Waals surface area contributed by atoms with Gasteiger partial charge in [0.2, 0.25) is 0 Å². The highest BCUT2D eigenvalue weighted by Crippen LogP contribution is 2.34. The summed E-state index contributed by atoms with van der Waals surface area (Å²) < 4.78 is 11.7. The molecule has 1 aromatic rings. The average molecular weight is 300 g/mol. The molecule has 0 amide bonds. The minimum atomic E-state index is 0.0229. The molecule has 4 heteroatoms. The fourth-order valence-electron chi connectivity index (χ4n) is 2.36. The van der Waals surface area contributed by atoms with Crippen molar-refractivity contribution in [2.75, 3.05) is 13.7 Å². The molecular formula is C13H18BrNO2. The number of hydrogen-bond donors (Lipinski definition) is 1. The van der Waals surface area contributed by atoms with Gasteiger partial charge in [0.1, 0.15) is 5.75 Å². The van der Waals surface area contributed by atoms with E-state index in [1.165, 1.54) is 0 Å². The summed E-state index contributed by atoms with van der Waals surface area (Å²) >= 11 is 3.49. The fourth-order valence-corrected chi connectivity index (χ4v) is 2.92. The van der Waals surface area contributed by atoms with Gasteiger partial charge in [-0.25, -0.2) is 0 Å². The molecule has 0 aromatic heterocycles. The Kier molecular flexibility index (Phi) is 4.07. The van der Waals surface area contributed by atoms with Gasteiger partial charge in [0, 0.05) is 18.6 Å². The zero-order valence-electron chi connectivity index (χ0n) is 10.2. The molecule has 1 saturated heterocycles. The third kappa shape index (κ3) is 2.64. The number of hydrogen-bond acceptors (Lipinski definition) is 3. The molecule has 0 spiro atoms. The number of methoxy groups -OCH3 is 1. The second-order valence-corrected chi connectivity index (χ2v) is 5.30. The highest BCUT2D eigenvalue weighted by molar-refractivity contribution is 9.10. The molecule has 0 bridgehead atoms. The lowest BCUT2D eigenvalue weighted by Crippen LogP contribution is -2.26. The van der Waals surface area contributed by atoms with Crippen LogP contribution in [0.25, 0.3) is 0 Å². The Bertz CT molecular complexity index is 397. The normalized spacial score (nSPS) is 25.9. The van der Waals surface area contributed by atoms with Crippen LogP contribution in [-0.4, -0.2) is 19.8 Å². The van der Waals surface area contributed by atoms with Crippen molar-refractivity contribution in [2.45, 2.75) is 25.5 Å². The molecule has 17 heavy (non-hydrogen) atoms. The molecule has 3 nitrogen and oxygen atoms in total. The van der Waals surface area contributed by atoms with Crippen LogP contribution in [0, 0.1) is 5.92 Å². The van der Waals surface area contributed by atoms with Gasteiger partial charge in [0.25, 0.3) is 0 Å². The Morgan fingerprint density at radius 1 is 1.53 bits per heavy atom. The number of rotatable bonds is 3. The van der Waals surface area contributed by atoms with Crippen molar-refractivity contribution in [2.24, 2.45) is 11.7 Å². The van der Waals surface area contributed by atoms with Crippen LogP contribution in [0.3, 0.4) is 0 Å². The molecule has 0 saturated carbocycles. The Morgan fingerprint density at radius 3 is 2.82 bits per heavy atom. The van der Waals surface area contributed by atoms with E-state index in [9.17, 15) is 0 Å². The second kappa shape index (κ2) is 5.38. The number of benzene rings is 1. The van der Waals surface area contributed by atoms with E-state index in [0.717, 1.165) is 28.8 Å². The maximum absolute atomic E-state index is 6.31. The lowest BCUT2D eigenvalue weighted by Gasteiger charge is -2.22. The van der Waals surface area contributed by atoms with E-state index in [0.29, 0.717) is 5.92 Å². The van der Waals surface area contributed by atoms with Crippen LogP contribution >= 0.6 is 15.9 Å². The minimum Gasteiger partial charge on any atom is -0.496 e. The van der Waals surface area contributed by atoms with Gasteiger partial charge >= 0.3 is 0 Å². The van der Waals surface area contributed by atoms with Crippen molar-refractivity contribution < 1.29 is 9.47 Å². The van der Waals surface area contributed by atoms with Gasteiger partial charge in [-0.15, -0.1) is 0 Å². The lowest BCUT2D eigenvalue weighted by atomic mass is 9.89. The third-order valence-electron chi connectivity index (χ3n) is 3.46. The first kappa shape index (κ1) is 12.9. The molecule has 1 aromatic carbocycles. The maximum Gasteiger partial charge on any atom is 0.133 e. The Hall–Kier alpha value is -0.580. The Morgan fingerprint density at radius 2 is 2.29 bits per heavy atom. The van der Waals surface area contributed by atoms with E-state index in [1.807, 2.05) is 18.2 Å². The van der Waals surface area contributed by atoms with Crippen molar-refractivity contribution in [1.82, 2.24) is 0 Å². The quantitative estimate of drug-likeness (QED) is 0.933. The van der Waals surface area contributed by atoms with Crippen LogP contribution in [0.1, 0.15) is 24.9 Å². The minimum absolute atomic E-state index is 0.0229. The maximum atomic E-state index is 6.31. The molecule has 3 unspecified atom stereocenters. The first-order chi connectivity index (χ1) is 8.13. The Balaban J connectivity index is 2.19. The molecule has 1 heterocycles. The molecule has 0 aliphatic carbocycles. The molecule has 2 N–H and O–H groups in total. The van der Waals surface area contributed by atoms with E-state index in [4.69, 9.17) is 15.2 Å². The second-order valence-electron chi connectivity index (χ2n) is 4.45. The molecular weight excluding hydrogens is 282 g/mol. The summed E-state index contributed by atoms with van der Waals surface area (Å²) in [4.78, 5) is 0. The van der Waals surface area contributed by atoms with Crippen LogP contribution in [0.5, 0.6) is 5.75 Å². The van der Waals surface area contributed by atoms with E-state index < -0.39 is 0 Å². The van der Waals surface area contributed by atoms with Gasteiger partial charge in [-0.2, -0.15) is 0 Å². The first-order valence-electron chi connectivity index (χ1n) is 5.84. The highest BCUT2D eigenvalue weighted by Gasteiger charge is 2.30. The van der Waals surface area contributed by atoms with E-state index in [2.05, 4.69) is 22.9 Å². The smallest absolute Gasteiger partial charge is 0.133 e.